The number of imide groups is 1. The molecule has 5 heteroatoms. The fraction of sp³-hybridized carbons (Fsp3) is 0.308. The fourth-order valence-corrected chi connectivity index (χ4v) is 2.18. The van der Waals surface area contributed by atoms with Gasteiger partial charge in [0.15, 0.2) is 0 Å². The molecule has 1 aromatic carbocycles. The van der Waals surface area contributed by atoms with E-state index in [4.69, 9.17) is 5.26 Å². The molecule has 3 amide bonds. The van der Waals surface area contributed by atoms with Gasteiger partial charge in [-0.3, -0.25) is 4.79 Å². The van der Waals surface area contributed by atoms with Gasteiger partial charge in [-0.2, -0.15) is 5.26 Å². The van der Waals surface area contributed by atoms with Crippen molar-refractivity contribution in [3.8, 4) is 6.07 Å². The van der Waals surface area contributed by atoms with E-state index in [1.165, 1.54) is 0 Å². The first kappa shape index (κ1) is 10.8. The SMILES string of the molecule is N#Cc1ccc(N2C(=O)N[C@H](C3CC3)C2=O)cc1. The van der Waals surface area contributed by atoms with Crippen molar-refractivity contribution in [3.63, 3.8) is 0 Å². The number of hydrogen-bond acceptors (Lipinski definition) is 3. The number of nitriles is 1. The zero-order chi connectivity index (χ0) is 12.7. The summed E-state index contributed by atoms with van der Waals surface area (Å²) in [5.41, 5.74) is 1.02. The van der Waals surface area contributed by atoms with Gasteiger partial charge in [-0.05, 0) is 43.0 Å². The maximum absolute atomic E-state index is 12.1. The lowest BCUT2D eigenvalue weighted by molar-refractivity contribution is -0.118. The van der Waals surface area contributed by atoms with Crippen LogP contribution in [0.15, 0.2) is 24.3 Å². The Morgan fingerprint density at radius 1 is 1.22 bits per heavy atom. The van der Waals surface area contributed by atoms with Crippen molar-refractivity contribution >= 4 is 17.6 Å². The zero-order valence-electron chi connectivity index (χ0n) is 9.59. The molecule has 1 aliphatic carbocycles. The first-order chi connectivity index (χ1) is 8.70. The van der Waals surface area contributed by atoms with E-state index in [1.54, 1.807) is 24.3 Å². The van der Waals surface area contributed by atoms with E-state index in [9.17, 15) is 9.59 Å². The largest absolute Gasteiger partial charge is 0.329 e. The van der Waals surface area contributed by atoms with E-state index in [2.05, 4.69) is 5.32 Å². The fourth-order valence-electron chi connectivity index (χ4n) is 2.18. The molecule has 1 N–H and O–H groups in total. The smallest absolute Gasteiger partial charge is 0.325 e. The lowest BCUT2D eigenvalue weighted by Gasteiger charge is -2.12. The summed E-state index contributed by atoms with van der Waals surface area (Å²) in [4.78, 5) is 25.1. The van der Waals surface area contributed by atoms with Crippen LogP contribution in [0.2, 0.25) is 0 Å². The van der Waals surface area contributed by atoms with Crippen LogP contribution in [0.25, 0.3) is 0 Å². The van der Waals surface area contributed by atoms with Gasteiger partial charge in [0.25, 0.3) is 5.91 Å². The highest BCUT2D eigenvalue weighted by atomic mass is 16.2. The molecule has 0 radical (unpaired) electrons. The molecule has 0 unspecified atom stereocenters. The Morgan fingerprint density at radius 2 is 1.89 bits per heavy atom. The third kappa shape index (κ3) is 1.63. The first-order valence-corrected chi connectivity index (χ1v) is 5.85. The van der Waals surface area contributed by atoms with Crippen molar-refractivity contribution in [2.45, 2.75) is 18.9 Å². The predicted octanol–water partition coefficient (Wildman–Crippen LogP) is 1.39. The van der Waals surface area contributed by atoms with Crippen LogP contribution in [0.4, 0.5) is 10.5 Å². The number of nitrogens with zero attached hydrogens (tertiary/aromatic N) is 2. The minimum absolute atomic E-state index is 0.188. The number of carbonyl (C=O) groups excluding carboxylic acids is 2. The molecular formula is C13H11N3O2. The first-order valence-electron chi connectivity index (χ1n) is 5.85. The molecule has 2 aliphatic rings. The van der Waals surface area contributed by atoms with Crippen LogP contribution in [0.3, 0.4) is 0 Å². The van der Waals surface area contributed by atoms with Gasteiger partial charge in [-0.1, -0.05) is 0 Å². The van der Waals surface area contributed by atoms with Crippen molar-refractivity contribution < 1.29 is 9.59 Å². The highest BCUT2D eigenvalue weighted by Gasteiger charge is 2.46. The summed E-state index contributed by atoms with van der Waals surface area (Å²) in [5.74, 6) is 0.108. The van der Waals surface area contributed by atoms with Gasteiger partial charge in [0, 0.05) is 0 Å². The van der Waals surface area contributed by atoms with E-state index in [0.29, 0.717) is 17.2 Å². The van der Waals surface area contributed by atoms with Crippen molar-refractivity contribution in [2.75, 3.05) is 4.90 Å². The second-order valence-electron chi connectivity index (χ2n) is 4.60. The van der Waals surface area contributed by atoms with E-state index in [0.717, 1.165) is 17.7 Å². The number of benzene rings is 1. The minimum atomic E-state index is -0.374. The third-order valence-electron chi connectivity index (χ3n) is 3.32. The molecule has 1 saturated heterocycles. The predicted molar refractivity (Wildman–Crippen MR) is 63.7 cm³/mol. The maximum Gasteiger partial charge on any atom is 0.329 e. The van der Waals surface area contributed by atoms with E-state index < -0.39 is 0 Å². The molecule has 0 spiro atoms. The molecule has 1 saturated carbocycles. The lowest BCUT2D eigenvalue weighted by Crippen LogP contribution is -2.32. The van der Waals surface area contributed by atoms with Gasteiger partial charge in [-0.15, -0.1) is 0 Å². The Morgan fingerprint density at radius 3 is 2.44 bits per heavy atom. The average molecular weight is 241 g/mol. The molecule has 0 aromatic heterocycles. The Hall–Kier alpha value is -2.35. The number of anilines is 1. The minimum Gasteiger partial charge on any atom is -0.325 e. The van der Waals surface area contributed by atoms with Crippen molar-refractivity contribution in [2.24, 2.45) is 5.92 Å². The van der Waals surface area contributed by atoms with Crippen LogP contribution in [0.1, 0.15) is 18.4 Å². The number of hydrogen-bond donors (Lipinski definition) is 1. The van der Waals surface area contributed by atoms with Crippen molar-refractivity contribution in [1.82, 2.24) is 5.32 Å². The van der Waals surface area contributed by atoms with Crippen LogP contribution >= 0.6 is 0 Å². The second-order valence-corrected chi connectivity index (χ2v) is 4.60. The Bertz CT molecular complexity index is 555. The van der Waals surface area contributed by atoms with Crippen LogP contribution in [0.5, 0.6) is 0 Å². The molecule has 1 atom stereocenters. The molecule has 18 heavy (non-hydrogen) atoms. The standard InChI is InChI=1S/C13H11N3O2/c14-7-8-1-5-10(6-2-8)16-12(17)11(9-3-4-9)15-13(16)18/h1-2,5-6,9,11H,3-4H2,(H,15,18)/t11-/m1/s1. The average Bonchev–Trinajstić information content (AvgIpc) is 3.17. The Labute approximate surface area is 104 Å². The summed E-state index contributed by atoms with van der Waals surface area (Å²) in [6.07, 6.45) is 2.00. The second kappa shape index (κ2) is 3.84. The van der Waals surface area contributed by atoms with Crippen LogP contribution in [-0.4, -0.2) is 18.0 Å². The quantitative estimate of drug-likeness (QED) is 0.795. The maximum atomic E-state index is 12.1. The monoisotopic (exact) mass is 241 g/mol. The molecule has 1 aromatic rings. The van der Waals surface area contributed by atoms with E-state index >= 15 is 0 Å². The number of rotatable bonds is 2. The molecule has 90 valence electrons. The van der Waals surface area contributed by atoms with Crippen LogP contribution < -0.4 is 10.2 Å². The molecular weight excluding hydrogens is 230 g/mol. The number of urea groups is 1. The normalized spacial score (nSPS) is 22.8. The molecule has 2 fully saturated rings. The van der Waals surface area contributed by atoms with Crippen LogP contribution in [-0.2, 0) is 4.79 Å². The van der Waals surface area contributed by atoms with E-state index in [1.807, 2.05) is 6.07 Å². The van der Waals surface area contributed by atoms with Gasteiger partial charge in [0.1, 0.15) is 6.04 Å². The summed E-state index contributed by atoms with van der Waals surface area (Å²) < 4.78 is 0. The highest BCUT2D eigenvalue weighted by molar-refractivity contribution is 6.21. The molecule has 0 bridgehead atoms. The molecule has 3 rings (SSSR count). The van der Waals surface area contributed by atoms with Gasteiger partial charge in [0.05, 0.1) is 17.3 Å². The number of carbonyl (C=O) groups is 2. The summed E-state index contributed by atoms with van der Waals surface area (Å²) >= 11 is 0. The summed E-state index contributed by atoms with van der Waals surface area (Å²) in [6, 6.07) is 7.69. The Balaban J connectivity index is 1.88. The molecule has 1 heterocycles. The summed E-state index contributed by atoms with van der Waals surface area (Å²) in [6.45, 7) is 0. The molecule has 5 nitrogen and oxygen atoms in total. The van der Waals surface area contributed by atoms with Gasteiger partial charge < -0.3 is 5.32 Å². The Kier molecular flexibility index (Phi) is 2.30. The van der Waals surface area contributed by atoms with Crippen molar-refractivity contribution in [1.29, 1.82) is 5.26 Å². The number of nitrogens with one attached hydrogen (secondary N) is 1. The van der Waals surface area contributed by atoms with E-state index in [-0.39, 0.29) is 18.0 Å². The lowest BCUT2D eigenvalue weighted by atomic mass is 10.1. The van der Waals surface area contributed by atoms with Gasteiger partial charge in [0.2, 0.25) is 0 Å². The van der Waals surface area contributed by atoms with Gasteiger partial charge in [-0.25, -0.2) is 9.69 Å². The van der Waals surface area contributed by atoms with Gasteiger partial charge >= 0.3 is 6.03 Å². The summed E-state index contributed by atoms with van der Waals surface area (Å²) in [7, 11) is 0. The van der Waals surface area contributed by atoms with Crippen molar-refractivity contribution in [3.05, 3.63) is 29.8 Å². The zero-order valence-corrected chi connectivity index (χ0v) is 9.59. The highest BCUT2D eigenvalue weighted by Crippen LogP contribution is 2.36. The third-order valence-corrected chi connectivity index (χ3v) is 3.32. The number of amides is 3. The topological polar surface area (TPSA) is 73.2 Å². The van der Waals surface area contributed by atoms with Crippen LogP contribution in [0, 0.1) is 17.2 Å². The molecule has 1 aliphatic heterocycles. The summed E-state index contributed by atoms with van der Waals surface area (Å²) in [5, 5.41) is 11.4.